The molecule has 0 aliphatic heterocycles. The average molecular weight is 303 g/mol. The van der Waals surface area contributed by atoms with Crippen molar-refractivity contribution < 1.29 is 8.42 Å². The van der Waals surface area contributed by atoms with Crippen molar-refractivity contribution in [3.63, 3.8) is 0 Å². The summed E-state index contributed by atoms with van der Waals surface area (Å²) in [4.78, 5) is -0.0101. The van der Waals surface area contributed by atoms with E-state index in [1.807, 2.05) is 0 Å². The third-order valence-corrected chi connectivity index (χ3v) is 4.25. The van der Waals surface area contributed by atoms with Crippen molar-refractivity contribution in [2.75, 3.05) is 5.73 Å². The van der Waals surface area contributed by atoms with Crippen molar-refractivity contribution in [3.05, 3.63) is 28.5 Å². The minimum atomic E-state index is -3.73. The highest BCUT2D eigenvalue weighted by atomic mass is 35.5. The molecule has 0 bridgehead atoms. The monoisotopic (exact) mass is 302 g/mol. The largest absolute Gasteiger partial charge is 0.398 e. The van der Waals surface area contributed by atoms with Crippen LogP contribution in [0.25, 0.3) is 0 Å². The molecule has 0 saturated heterocycles. The number of H-pyrrole nitrogens is 1. The maximum Gasteiger partial charge on any atom is 0.241 e. The number of aromatic amines is 1. The van der Waals surface area contributed by atoms with Gasteiger partial charge in [0.1, 0.15) is 0 Å². The van der Waals surface area contributed by atoms with Gasteiger partial charge in [0.2, 0.25) is 10.0 Å². The van der Waals surface area contributed by atoms with Crippen LogP contribution in [0.4, 0.5) is 5.69 Å². The van der Waals surface area contributed by atoms with Crippen LogP contribution in [0.15, 0.2) is 17.0 Å². The first-order chi connectivity index (χ1) is 8.90. The molecule has 19 heavy (non-hydrogen) atoms. The normalized spacial score (nSPS) is 11.7. The van der Waals surface area contributed by atoms with Crippen LogP contribution in [0.3, 0.4) is 0 Å². The minimum absolute atomic E-state index is 0.0101. The van der Waals surface area contributed by atoms with Gasteiger partial charge in [0.15, 0.2) is 5.82 Å². The molecule has 4 N–H and O–H groups in total. The number of sulfonamides is 1. The van der Waals surface area contributed by atoms with Crippen LogP contribution in [-0.4, -0.2) is 29.0 Å². The summed E-state index contributed by atoms with van der Waals surface area (Å²) in [5.74, 6) is 0.231. The molecule has 1 aromatic heterocycles. The first-order valence-electron chi connectivity index (χ1n) is 5.18. The quantitative estimate of drug-likeness (QED) is 0.693. The van der Waals surface area contributed by atoms with Crippen LogP contribution < -0.4 is 10.5 Å². The fraction of sp³-hybridized carbons (Fsp3) is 0.222. The van der Waals surface area contributed by atoms with Crippen molar-refractivity contribution in [2.45, 2.75) is 18.4 Å². The first kappa shape index (κ1) is 13.7. The molecule has 0 unspecified atom stereocenters. The van der Waals surface area contributed by atoms with E-state index in [-0.39, 0.29) is 17.3 Å². The molecule has 0 amide bonds. The van der Waals surface area contributed by atoms with E-state index in [2.05, 4.69) is 25.3 Å². The maximum absolute atomic E-state index is 12.0. The molecule has 0 spiro atoms. The van der Waals surface area contributed by atoms with E-state index in [1.54, 1.807) is 6.92 Å². The highest BCUT2D eigenvalue weighted by molar-refractivity contribution is 7.89. The van der Waals surface area contributed by atoms with Crippen molar-refractivity contribution in [1.82, 2.24) is 25.3 Å². The van der Waals surface area contributed by atoms with Crippen LogP contribution in [-0.2, 0) is 16.6 Å². The lowest BCUT2D eigenvalue weighted by Crippen LogP contribution is -2.24. The summed E-state index contributed by atoms with van der Waals surface area (Å²) in [6, 6.07) is 2.69. The summed E-state index contributed by atoms with van der Waals surface area (Å²) in [6.07, 6.45) is 0. The molecule has 10 heteroatoms. The van der Waals surface area contributed by atoms with Crippen molar-refractivity contribution in [1.29, 1.82) is 0 Å². The summed E-state index contributed by atoms with van der Waals surface area (Å²) in [5.41, 5.74) is 6.64. The molecule has 0 aliphatic carbocycles. The Morgan fingerprint density at radius 3 is 2.79 bits per heavy atom. The van der Waals surface area contributed by atoms with Gasteiger partial charge in [-0.15, -0.1) is 10.2 Å². The third-order valence-electron chi connectivity index (χ3n) is 2.48. The zero-order valence-electron chi connectivity index (χ0n) is 9.88. The number of halogens is 1. The Morgan fingerprint density at radius 2 is 2.21 bits per heavy atom. The Balaban J connectivity index is 2.24. The molecule has 102 valence electrons. The van der Waals surface area contributed by atoms with Crippen LogP contribution >= 0.6 is 11.6 Å². The molecular formula is C9H11ClN6O2S. The number of benzene rings is 1. The maximum atomic E-state index is 12.0. The Labute approximate surface area is 114 Å². The smallest absolute Gasteiger partial charge is 0.241 e. The molecule has 0 saturated carbocycles. The van der Waals surface area contributed by atoms with Crippen LogP contribution in [0.2, 0.25) is 5.02 Å². The summed E-state index contributed by atoms with van der Waals surface area (Å²) in [7, 11) is -3.73. The van der Waals surface area contributed by atoms with Gasteiger partial charge in [0.25, 0.3) is 0 Å². The molecule has 0 fully saturated rings. The molecule has 0 aliphatic rings. The molecular weight excluding hydrogens is 292 g/mol. The summed E-state index contributed by atoms with van der Waals surface area (Å²) in [5, 5.41) is 13.1. The van der Waals surface area contributed by atoms with Gasteiger partial charge >= 0.3 is 0 Å². The zero-order valence-corrected chi connectivity index (χ0v) is 11.5. The molecule has 2 rings (SSSR count). The van der Waals surface area contributed by atoms with Gasteiger partial charge in [-0.1, -0.05) is 16.8 Å². The van der Waals surface area contributed by atoms with Crippen LogP contribution in [0.5, 0.6) is 0 Å². The number of nitrogen functional groups attached to an aromatic ring is 1. The van der Waals surface area contributed by atoms with E-state index in [0.29, 0.717) is 16.3 Å². The summed E-state index contributed by atoms with van der Waals surface area (Å²) >= 11 is 5.91. The van der Waals surface area contributed by atoms with E-state index >= 15 is 0 Å². The number of nitrogens with one attached hydrogen (secondary N) is 2. The second kappa shape index (κ2) is 5.11. The number of hydrogen-bond donors (Lipinski definition) is 3. The Kier molecular flexibility index (Phi) is 3.69. The number of rotatable bonds is 4. The minimum Gasteiger partial charge on any atom is -0.398 e. The van der Waals surface area contributed by atoms with Crippen LogP contribution in [0.1, 0.15) is 11.4 Å². The number of hydrogen-bond acceptors (Lipinski definition) is 6. The van der Waals surface area contributed by atoms with Crippen LogP contribution in [0, 0.1) is 6.92 Å². The number of anilines is 1. The highest BCUT2D eigenvalue weighted by Crippen LogP contribution is 2.25. The molecule has 1 heterocycles. The standard InChI is InChI=1S/C9H11ClN6O2S/c1-5-7(10)2-6(3-8(5)11)19(17,18)12-4-9-13-15-16-14-9/h2-3,12H,4,11H2,1H3,(H,13,14,15,16). The highest BCUT2D eigenvalue weighted by Gasteiger charge is 2.17. The lowest BCUT2D eigenvalue weighted by molar-refractivity contribution is 0.579. The van der Waals surface area contributed by atoms with Crippen molar-refractivity contribution in [2.24, 2.45) is 0 Å². The van der Waals surface area contributed by atoms with Gasteiger partial charge in [-0.2, -0.15) is 5.21 Å². The third kappa shape index (κ3) is 3.00. The van der Waals surface area contributed by atoms with Gasteiger partial charge in [0.05, 0.1) is 11.4 Å². The van der Waals surface area contributed by atoms with Crippen molar-refractivity contribution >= 4 is 27.3 Å². The lowest BCUT2D eigenvalue weighted by atomic mass is 10.2. The number of nitrogens with zero attached hydrogens (tertiary/aromatic N) is 3. The topological polar surface area (TPSA) is 127 Å². The Hall–Kier alpha value is -1.71. The van der Waals surface area contributed by atoms with E-state index in [1.165, 1.54) is 12.1 Å². The molecule has 0 radical (unpaired) electrons. The number of nitrogens with two attached hydrogens (primary N) is 1. The molecule has 2 aromatic rings. The number of aromatic nitrogens is 4. The molecule has 0 atom stereocenters. The molecule has 8 nitrogen and oxygen atoms in total. The predicted molar refractivity (Wildman–Crippen MR) is 68.8 cm³/mol. The summed E-state index contributed by atoms with van der Waals surface area (Å²) in [6.45, 7) is 1.63. The average Bonchev–Trinajstić information content (AvgIpc) is 2.86. The van der Waals surface area contributed by atoms with Gasteiger partial charge in [0, 0.05) is 10.7 Å². The number of tetrazole rings is 1. The van der Waals surface area contributed by atoms with Crippen molar-refractivity contribution in [3.8, 4) is 0 Å². The van der Waals surface area contributed by atoms with Gasteiger partial charge in [-0.05, 0) is 24.6 Å². The van der Waals surface area contributed by atoms with Gasteiger partial charge in [-0.25, -0.2) is 13.1 Å². The first-order valence-corrected chi connectivity index (χ1v) is 7.04. The second-order valence-corrected chi connectivity index (χ2v) is 5.95. The SMILES string of the molecule is Cc1c(N)cc(S(=O)(=O)NCc2nn[nH]n2)cc1Cl. The fourth-order valence-corrected chi connectivity index (χ4v) is 2.66. The van der Waals surface area contributed by atoms with Gasteiger partial charge < -0.3 is 5.73 Å². The Bertz CT molecular complexity index is 662. The Morgan fingerprint density at radius 1 is 1.47 bits per heavy atom. The van der Waals surface area contributed by atoms with E-state index < -0.39 is 10.0 Å². The predicted octanol–water partition coefficient (Wildman–Crippen LogP) is 0.222. The second-order valence-electron chi connectivity index (χ2n) is 3.77. The van der Waals surface area contributed by atoms with E-state index in [9.17, 15) is 8.42 Å². The zero-order chi connectivity index (χ0) is 14.0. The van der Waals surface area contributed by atoms with Gasteiger partial charge in [-0.3, -0.25) is 0 Å². The summed E-state index contributed by atoms with van der Waals surface area (Å²) < 4.78 is 26.4. The fourth-order valence-electron chi connectivity index (χ4n) is 1.33. The lowest BCUT2D eigenvalue weighted by Gasteiger charge is -2.09. The molecule has 1 aromatic carbocycles. The van der Waals surface area contributed by atoms with E-state index in [0.717, 1.165) is 0 Å². The van der Waals surface area contributed by atoms with E-state index in [4.69, 9.17) is 17.3 Å².